The van der Waals surface area contributed by atoms with Gasteiger partial charge in [0.2, 0.25) is 0 Å². The second kappa shape index (κ2) is 3.52. The van der Waals surface area contributed by atoms with E-state index in [0.29, 0.717) is 13.2 Å². The Morgan fingerprint density at radius 1 is 1.58 bits per heavy atom. The Kier molecular flexibility index (Phi) is 2.63. The Hall–Kier alpha value is -1.12. The summed E-state index contributed by atoms with van der Waals surface area (Å²) in [5.41, 5.74) is 0. The number of hydrogen-bond acceptors (Lipinski definition) is 4. The highest BCUT2D eigenvalue weighted by Crippen LogP contribution is 2.26. The van der Waals surface area contributed by atoms with Gasteiger partial charge >= 0.3 is 5.97 Å². The van der Waals surface area contributed by atoms with Crippen molar-refractivity contribution >= 4 is 5.97 Å². The molecule has 1 N–H and O–H groups in total. The fourth-order valence-corrected chi connectivity index (χ4v) is 1.11. The highest BCUT2D eigenvalue weighted by Gasteiger charge is 2.38. The zero-order chi connectivity index (χ0) is 9.03. The van der Waals surface area contributed by atoms with Crippen molar-refractivity contribution in [2.75, 3.05) is 13.2 Å². The lowest BCUT2D eigenvalue weighted by molar-refractivity contribution is -0.176. The molecule has 0 aliphatic carbocycles. The molecule has 0 bridgehead atoms. The molecule has 1 saturated heterocycles. The monoisotopic (exact) mass is 171 g/mol. The maximum atomic E-state index is 10.4. The van der Waals surface area contributed by atoms with Gasteiger partial charge in [0.05, 0.1) is 25.7 Å². The number of nitriles is 1. The number of carboxylic acid groups (broad SMARTS) is 1. The first-order valence-electron chi connectivity index (χ1n) is 3.55. The van der Waals surface area contributed by atoms with E-state index in [1.807, 2.05) is 6.07 Å². The molecule has 0 radical (unpaired) electrons. The number of aliphatic carboxylic acids is 1. The van der Waals surface area contributed by atoms with Gasteiger partial charge in [-0.1, -0.05) is 0 Å². The molecule has 5 heteroatoms. The molecule has 12 heavy (non-hydrogen) atoms. The third-order valence-electron chi connectivity index (χ3n) is 1.58. The number of carboxylic acids is 1. The minimum absolute atomic E-state index is 0.0424. The normalized spacial score (nSPS) is 20.2. The second-order valence-corrected chi connectivity index (χ2v) is 2.51. The van der Waals surface area contributed by atoms with Gasteiger partial charge in [-0.15, -0.1) is 0 Å². The highest BCUT2D eigenvalue weighted by molar-refractivity contribution is 5.68. The third kappa shape index (κ3) is 1.94. The second-order valence-electron chi connectivity index (χ2n) is 2.51. The summed E-state index contributed by atoms with van der Waals surface area (Å²) in [6.45, 7) is 0.712. The van der Waals surface area contributed by atoms with Crippen LogP contribution in [0.2, 0.25) is 0 Å². The molecule has 1 fully saturated rings. The van der Waals surface area contributed by atoms with E-state index in [1.54, 1.807) is 0 Å². The van der Waals surface area contributed by atoms with E-state index in [1.165, 1.54) is 0 Å². The van der Waals surface area contributed by atoms with Gasteiger partial charge < -0.3 is 14.6 Å². The van der Waals surface area contributed by atoms with Gasteiger partial charge in [-0.3, -0.25) is 4.79 Å². The van der Waals surface area contributed by atoms with Gasteiger partial charge in [0.15, 0.2) is 5.79 Å². The number of rotatable bonds is 3. The van der Waals surface area contributed by atoms with Gasteiger partial charge in [0.25, 0.3) is 0 Å². The van der Waals surface area contributed by atoms with Crippen molar-refractivity contribution in [3.05, 3.63) is 0 Å². The first-order valence-corrected chi connectivity index (χ1v) is 3.55. The minimum Gasteiger partial charge on any atom is -0.481 e. The maximum absolute atomic E-state index is 10.4. The van der Waals surface area contributed by atoms with Crippen molar-refractivity contribution in [3.63, 3.8) is 0 Å². The van der Waals surface area contributed by atoms with Gasteiger partial charge in [-0.2, -0.15) is 5.26 Å². The summed E-state index contributed by atoms with van der Waals surface area (Å²) in [4.78, 5) is 10.4. The van der Waals surface area contributed by atoms with Crippen LogP contribution in [0.25, 0.3) is 0 Å². The van der Waals surface area contributed by atoms with Gasteiger partial charge in [0, 0.05) is 0 Å². The van der Waals surface area contributed by atoms with Crippen LogP contribution in [0.3, 0.4) is 0 Å². The average Bonchev–Trinajstić information content (AvgIpc) is 2.36. The lowest BCUT2D eigenvalue weighted by atomic mass is 10.1. The van der Waals surface area contributed by atoms with Crippen molar-refractivity contribution < 1.29 is 19.4 Å². The Morgan fingerprint density at radius 2 is 2.17 bits per heavy atom. The zero-order valence-corrected chi connectivity index (χ0v) is 6.45. The van der Waals surface area contributed by atoms with E-state index in [-0.39, 0.29) is 12.8 Å². The minimum atomic E-state index is -1.19. The van der Waals surface area contributed by atoms with Gasteiger partial charge in [0.1, 0.15) is 6.42 Å². The standard InChI is InChI=1S/C7H9NO4/c8-2-1-7(5-6(9)10)11-3-4-12-7/h1,3-5H2,(H,9,10). The van der Waals surface area contributed by atoms with Crippen LogP contribution in [-0.4, -0.2) is 30.1 Å². The van der Waals surface area contributed by atoms with E-state index >= 15 is 0 Å². The maximum Gasteiger partial charge on any atom is 0.308 e. The molecule has 66 valence electrons. The number of carbonyl (C=O) groups is 1. The number of nitrogens with zero attached hydrogens (tertiary/aromatic N) is 1. The predicted molar refractivity (Wildman–Crippen MR) is 37.1 cm³/mol. The molecule has 0 unspecified atom stereocenters. The molecular weight excluding hydrogens is 162 g/mol. The van der Waals surface area contributed by atoms with Crippen molar-refractivity contribution in [1.82, 2.24) is 0 Å². The van der Waals surface area contributed by atoms with Crippen LogP contribution in [0.5, 0.6) is 0 Å². The van der Waals surface area contributed by atoms with Crippen LogP contribution in [-0.2, 0) is 14.3 Å². The molecule has 1 heterocycles. The van der Waals surface area contributed by atoms with Gasteiger partial charge in [-0.05, 0) is 0 Å². The Labute approximate surface area is 69.5 Å². The van der Waals surface area contributed by atoms with Crippen LogP contribution in [0.15, 0.2) is 0 Å². The van der Waals surface area contributed by atoms with Crippen LogP contribution in [0.1, 0.15) is 12.8 Å². The van der Waals surface area contributed by atoms with Crippen molar-refractivity contribution in [2.24, 2.45) is 0 Å². The topological polar surface area (TPSA) is 79.6 Å². The summed E-state index contributed by atoms with van der Waals surface area (Å²) < 4.78 is 10.1. The molecule has 0 aromatic rings. The molecular formula is C7H9NO4. The molecule has 0 atom stereocenters. The first-order chi connectivity index (χ1) is 5.68. The van der Waals surface area contributed by atoms with Crippen molar-refractivity contribution in [1.29, 1.82) is 5.26 Å². The SMILES string of the molecule is N#CCC1(CC(=O)O)OCCO1. The smallest absolute Gasteiger partial charge is 0.308 e. The quantitative estimate of drug-likeness (QED) is 0.652. The van der Waals surface area contributed by atoms with E-state index in [9.17, 15) is 4.79 Å². The molecule has 0 spiro atoms. The van der Waals surface area contributed by atoms with E-state index in [0.717, 1.165) is 0 Å². The molecule has 0 saturated carbocycles. The number of hydrogen-bond donors (Lipinski definition) is 1. The average molecular weight is 171 g/mol. The molecule has 0 amide bonds. The van der Waals surface area contributed by atoms with E-state index in [2.05, 4.69) is 0 Å². The Bertz CT molecular complexity index is 214. The lowest BCUT2D eigenvalue weighted by Gasteiger charge is -2.21. The van der Waals surface area contributed by atoms with E-state index < -0.39 is 11.8 Å². The predicted octanol–water partition coefficient (Wildman–Crippen LogP) is 0.118. The van der Waals surface area contributed by atoms with Crippen LogP contribution >= 0.6 is 0 Å². The highest BCUT2D eigenvalue weighted by atomic mass is 16.7. The zero-order valence-electron chi connectivity index (χ0n) is 6.45. The van der Waals surface area contributed by atoms with Crippen molar-refractivity contribution in [3.8, 4) is 6.07 Å². The molecule has 5 nitrogen and oxygen atoms in total. The first kappa shape index (κ1) is 8.97. The van der Waals surface area contributed by atoms with Gasteiger partial charge in [-0.25, -0.2) is 0 Å². The summed E-state index contributed by atoms with van der Waals surface area (Å²) in [5, 5.41) is 16.9. The van der Waals surface area contributed by atoms with Crippen LogP contribution < -0.4 is 0 Å². The lowest BCUT2D eigenvalue weighted by Crippen LogP contribution is -2.32. The molecule has 0 aromatic carbocycles. The van der Waals surface area contributed by atoms with E-state index in [4.69, 9.17) is 19.8 Å². The Morgan fingerprint density at radius 3 is 2.58 bits per heavy atom. The summed E-state index contributed by atoms with van der Waals surface area (Å²) in [6.07, 6.45) is -0.320. The van der Waals surface area contributed by atoms with Crippen LogP contribution in [0, 0.1) is 11.3 Å². The third-order valence-corrected chi connectivity index (χ3v) is 1.58. The number of ether oxygens (including phenoxy) is 2. The molecule has 1 aliphatic heterocycles. The summed E-state index contributed by atoms with van der Waals surface area (Å²) in [7, 11) is 0. The summed E-state index contributed by atoms with van der Waals surface area (Å²) in [6, 6.07) is 1.84. The summed E-state index contributed by atoms with van der Waals surface area (Å²) >= 11 is 0. The molecule has 0 aromatic heterocycles. The molecule has 1 rings (SSSR count). The molecule has 1 aliphatic rings. The Balaban J connectivity index is 2.59. The fourth-order valence-electron chi connectivity index (χ4n) is 1.11. The summed E-state index contributed by atoms with van der Waals surface area (Å²) in [5.74, 6) is -2.22. The fraction of sp³-hybridized carbons (Fsp3) is 0.714. The van der Waals surface area contributed by atoms with Crippen LogP contribution in [0.4, 0.5) is 0 Å². The largest absolute Gasteiger partial charge is 0.481 e. The van der Waals surface area contributed by atoms with Crippen molar-refractivity contribution in [2.45, 2.75) is 18.6 Å².